The van der Waals surface area contributed by atoms with Crippen molar-refractivity contribution >= 4 is 18.4 Å². The van der Waals surface area contributed by atoms with Gasteiger partial charge in [0.25, 0.3) is 7.37 Å². The van der Waals surface area contributed by atoms with Crippen LogP contribution in [0.25, 0.3) is 0 Å². The quantitative estimate of drug-likeness (QED) is 0.749. The van der Waals surface area contributed by atoms with Gasteiger partial charge in [-0.3, -0.25) is 4.57 Å². The van der Waals surface area contributed by atoms with Crippen molar-refractivity contribution in [2.24, 2.45) is 5.92 Å². The molecule has 2 aromatic carbocycles. The van der Waals surface area contributed by atoms with E-state index in [0.717, 1.165) is 5.69 Å². The van der Waals surface area contributed by atoms with E-state index in [9.17, 15) is 14.1 Å². The minimum Gasteiger partial charge on any atom is -0.378 e. The van der Waals surface area contributed by atoms with Crippen molar-refractivity contribution in [2.75, 3.05) is 25.6 Å². The van der Waals surface area contributed by atoms with Crippen LogP contribution >= 0.6 is 7.37 Å². The summed E-state index contributed by atoms with van der Waals surface area (Å²) in [5.41, 5.74) is 0.908. The maximum atomic E-state index is 14.1. The van der Waals surface area contributed by atoms with E-state index in [4.69, 9.17) is 4.52 Å². The van der Waals surface area contributed by atoms with Gasteiger partial charge < -0.3 is 14.5 Å². The lowest BCUT2D eigenvalue weighted by Gasteiger charge is -2.26. The number of anilines is 1. The summed E-state index contributed by atoms with van der Waals surface area (Å²) in [6.45, 7) is 4.06. The zero-order chi connectivity index (χ0) is 18.6. The van der Waals surface area contributed by atoms with Gasteiger partial charge in [-0.25, -0.2) is 4.39 Å². The lowest BCUT2D eigenvalue weighted by atomic mass is 10.2. The molecule has 4 nitrogen and oxygen atoms in total. The summed E-state index contributed by atoms with van der Waals surface area (Å²) in [4.78, 5) is 1.91. The van der Waals surface area contributed by atoms with E-state index in [2.05, 4.69) is 0 Å². The zero-order valence-corrected chi connectivity index (χ0v) is 15.9. The summed E-state index contributed by atoms with van der Waals surface area (Å²) in [6.07, 6.45) is 0. The van der Waals surface area contributed by atoms with Crippen LogP contribution in [0.4, 0.5) is 10.1 Å². The second-order valence-electron chi connectivity index (χ2n) is 6.59. The van der Waals surface area contributed by atoms with Crippen molar-refractivity contribution in [3.63, 3.8) is 0 Å². The molecular formula is C19H25FNO3P. The maximum absolute atomic E-state index is 14.1. The topological polar surface area (TPSA) is 49.8 Å². The van der Waals surface area contributed by atoms with Crippen LogP contribution in [0.2, 0.25) is 0 Å². The molecule has 2 rings (SSSR count). The van der Waals surface area contributed by atoms with E-state index in [1.54, 1.807) is 30.3 Å². The standard InChI is InChI=1S/C19H25FNO3P/c1-14(2)13-24-25(23,16-11-9-15(10-12-16)21(3)4)19(22)17-7-5-6-8-18(17)20/h5-12,14,19,22H,13H2,1-4H3/t19-,25-/m1/s1. The molecular weight excluding hydrogens is 340 g/mol. The van der Waals surface area contributed by atoms with Gasteiger partial charge in [-0.1, -0.05) is 32.0 Å². The van der Waals surface area contributed by atoms with Crippen LogP contribution in [0, 0.1) is 11.7 Å². The SMILES string of the molecule is CC(C)CO[P@](=O)(c1ccc(N(C)C)cc1)[C@@H](O)c1ccccc1F. The molecule has 0 bridgehead atoms. The second-order valence-corrected chi connectivity index (χ2v) is 9.05. The first-order chi connectivity index (χ1) is 11.8. The number of hydrogen-bond acceptors (Lipinski definition) is 4. The molecule has 0 amide bonds. The molecule has 0 aliphatic heterocycles. The molecule has 136 valence electrons. The average molecular weight is 365 g/mol. The summed E-state index contributed by atoms with van der Waals surface area (Å²) in [6, 6.07) is 12.7. The molecule has 1 N–H and O–H groups in total. The second kappa shape index (κ2) is 8.13. The molecule has 6 heteroatoms. The average Bonchev–Trinajstić information content (AvgIpc) is 2.59. The predicted molar refractivity (Wildman–Crippen MR) is 100 cm³/mol. The Morgan fingerprint density at radius 1 is 1.12 bits per heavy atom. The Bertz CT molecular complexity index is 747. The van der Waals surface area contributed by atoms with Crippen molar-refractivity contribution in [2.45, 2.75) is 19.7 Å². The summed E-state index contributed by atoms with van der Waals surface area (Å²) in [5.74, 6) is -2.03. The number of nitrogens with zero attached hydrogens (tertiary/aromatic N) is 1. The minimum atomic E-state index is -3.72. The zero-order valence-electron chi connectivity index (χ0n) is 15.0. The molecule has 2 atom stereocenters. The normalized spacial score (nSPS) is 15.0. The molecule has 25 heavy (non-hydrogen) atoms. The third-order valence-corrected chi connectivity index (χ3v) is 6.30. The molecule has 0 aromatic heterocycles. The maximum Gasteiger partial charge on any atom is 0.264 e. The van der Waals surface area contributed by atoms with Crippen LogP contribution in [0.15, 0.2) is 48.5 Å². The van der Waals surface area contributed by atoms with Gasteiger partial charge >= 0.3 is 0 Å². The first kappa shape index (κ1) is 19.6. The highest BCUT2D eigenvalue weighted by Gasteiger charge is 2.38. The molecule has 0 aliphatic carbocycles. The summed E-state index contributed by atoms with van der Waals surface area (Å²) < 4.78 is 33.4. The van der Waals surface area contributed by atoms with Gasteiger partial charge in [0.15, 0.2) is 5.85 Å². The number of aliphatic hydroxyl groups is 1. The van der Waals surface area contributed by atoms with Gasteiger partial charge in [-0.2, -0.15) is 0 Å². The van der Waals surface area contributed by atoms with Crippen LogP contribution in [0.1, 0.15) is 25.3 Å². The Morgan fingerprint density at radius 2 is 1.72 bits per heavy atom. The lowest BCUT2D eigenvalue weighted by molar-refractivity contribution is 0.199. The minimum absolute atomic E-state index is 0.0220. The molecule has 0 aliphatic rings. The van der Waals surface area contributed by atoms with Crippen LogP contribution in [0.5, 0.6) is 0 Å². The molecule has 0 saturated heterocycles. The van der Waals surface area contributed by atoms with Crippen LogP contribution < -0.4 is 10.2 Å². The summed E-state index contributed by atoms with van der Waals surface area (Å²) >= 11 is 0. The van der Waals surface area contributed by atoms with E-state index in [0.29, 0.717) is 5.30 Å². The van der Waals surface area contributed by atoms with Crippen molar-refractivity contribution in [1.29, 1.82) is 0 Å². The van der Waals surface area contributed by atoms with Crippen molar-refractivity contribution < 1.29 is 18.6 Å². The third-order valence-electron chi connectivity index (χ3n) is 3.83. The number of benzene rings is 2. The number of aliphatic hydroxyl groups excluding tert-OH is 1. The first-order valence-electron chi connectivity index (χ1n) is 8.20. The molecule has 2 aromatic rings. The van der Waals surface area contributed by atoms with Crippen molar-refractivity contribution in [1.82, 2.24) is 0 Å². The smallest absolute Gasteiger partial charge is 0.264 e. The van der Waals surface area contributed by atoms with E-state index < -0.39 is 19.0 Å². The van der Waals surface area contributed by atoms with Gasteiger partial charge in [-0.15, -0.1) is 0 Å². The molecule has 0 radical (unpaired) electrons. The molecule has 0 spiro atoms. The summed E-state index contributed by atoms with van der Waals surface area (Å²) in [7, 11) is 0.0832. The van der Waals surface area contributed by atoms with E-state index in [1.807, 2.05) is 32.8 Å². The largest absolute Gasteiger partial charge is 0.378 e. The van der Waals surface area contributed by atoms with Gasteiger partial charge in [0.2, 0.25) is 0 Å². The van der Waals surface area contributed by atoms with Gasteiger partial charge in [0.05, 0.1) is 6.61 Å². The highest BCUT2D eigenvalue weighted by Crippen LogP contribution is 2.58. The number of rotatable bonds is 7. The molecule has 0 saturated carbocycles. The Kier molecular flexibility index (Phi) is 6.39. The fourth-order valence-electron chi connectivity index (χ4n) is 2.37. The summed E-state index contributed by atoms with van der Waals surface area (Å²) in [5, 5.41) is 11.1. The number of hydrogen-bond donors (Lipinski definition) is 1. The number of halogens is 1. The highest BCUT2D eigenvalue weighted by atomic mass is 31.2. The van der Waals surface area contributed by atoms with Crippen LogP contribution in [0.3, 0.4) is 0 Å². The predicted octanol–water partition coefficient (Wildman–Crippen LogP) is 4.16. The van der Waals surface area contributed by atoms with E-state index in [-0.39, 0.29) is 18.1 Å². The Balaban J connectivity index is 2.46. The fraction of sp³-hybridized carbons (Fsp3) is 0.368. The fourth-order valence-corrected chi connectivity index (χ4v) is 4.60. The Hall–Kier alpha value is -1.68. The van der Waals surface area contributed by atoms with Crippen molar-refractivity contribution in [3.8, 4) is 0 Å². The van der Waals surface area contributed by atoms with Gasteiger partial charge in [0.1, 0.15) is 5.82 Å². The van der Waals surface area contributed by atoms with Crippen molar-refractivity contribution in [3.05, 3.63) is 59.9 Å². The van der Waals surface area contributed by atoms with E-state index in [1.165, 1.54) is 18.2 Å². The monoisotopic (exact) mass is 365 g/mol. The lowest BCUT2D eigenvalue weighted by Crippen LogP contribution is -2.18. The first-order valence-corrected chi connectivity index (χ1v) is 9.90. The Labute approximate surface area is 148 Å². The molecule has 0 heterocycles. The van der Waals surface area contributed by atoms with Crippen LogP contribution in [-0.2, 0) is 9.09 Å². The Morgan fingerprint density at radius 3 is 2.24 bits per heavy atom. The highest BCUT2D eigenvalue weighted by molar-refractivity contribution is 7.67. The van der Waals surface area contributed by atoms with Crippen LogP contribution in [-0.4, -0.2) is 25.8 Å². The van der Waals surface area contributed by atoms with Gasteiger partial charge in [0, 0.05) is 30.7 Å². The third kappa shape index (κ3) is 4.49. The molecule has 0 unspecified atom stereocenters. The molecule has 0 fully saturated rings. The van der Waals surface area contributed by atoms with E-state index >= 15 is 0 Å². The van der Waals surface area contributed by atoms with Gasteiger partial charge in [-0.05, 0) is 36.2 Å².